The van der Waals surface area contributed by atoms with Gasteiger partial charge in [0.25, 0.3) is 0 Å². The Kier molecular flexibility index (Phi) is 3.18. The fourth-order valence-electron chi connectivity index (χ4n) is 1.76. The van der Waals surface area contributed by atoms with Crippen LogP contribution in [0, 0.1) is 11.6 Å². The second-order valence-electron chi connectivity index (χ2n) is 3.63. The third-order valence-corrected chi connectivity index (χ3v) is 2.57. The normalized spacial score (nSPS) is 19.7. The minimum atomic E-state index is -1.27. The van der Waals surface area contributed by atoms with Gasteiger partial charge in [0, 0.05) is 11.6 Å². The highest BCUT2D eigenvalue weighted by atomic mass is 19.1. The van der Waals surface area contributed by atoms with Gasteiger partial charge in [0.1, 0.15) is 11.6 Å². The molecule has 0 atom stereocenters. The highest BCUT2D eigenvalue weighted by molar-refractivity contribution is 5.24. The standard InChI is InChI=1S/C11H13F2NO2/c12-8-2-3-9(10(13)6-8)11(7-14)15-4-1-5-16-11/h2-3,6H,1,4-5,7,14H2. The fraction of sp³-hybridized carbons (Fsp3) is 0.455. The van der Waals surface area contributed by atoms with Crippen LogP contribution in [0.25, 0.3) is 0 Å². The maximum Gasteiger partial charge on any atom is 0.210 e. The topological polar surface area (TPSA) is 44.5 Å². The van der Waals surface area contributed by atoms with Crippen LogP contribution in [0.15, 0.2) is 18.2 Å². The van der Waals surface area contributed by atoms with Crippen LogP contribution in [0.4, 0.5) is 8.78 Å². The summed E-state index contributed by atoms with van der Waals surface area (Å²) in [6.45, 7) is 0.900. The molecule has 1 aliphatic heterocycles. The second-order valence-corrected chi connectivity index (χ2v) is 3.63. The van der Waals surface area contributed by atoms with Crippen LogP contribution >= 0.6 is 0 Å². The van der Waals surface area contributed by atoms with Crippen molar-refractivity contribution in [2.45, 2.75) is 12.2 Å². The van der Waals surface area contributed by atoms with Crippen molar-refractivity contribution in [2.24, 2.45) is 5.73 Å². The van der Waals surface area contributed by atoms with Gasteiger partial charge in [-0.2, -0.15) is 0 Å². The molecular weight excluding hydrogens is 216 g/mol. The highest BCUT2D eigenvalue weighted by Gasteiger charge is 2.37. The molecule has 2 N–H and O–H groups in total. The molecule has 0 aromatic heterocycles. The summed E-state index contributed by atoms with van der Waals surface area (Å²) >= 11 is 0. The van der Waals surface area contributed by atoms with E-state index in [1.807, 2.05) is 0 Å². The molecule has 0 unspecified atom stereocenters. The lowest BCUT2D eigenvalue weighted by molar-refractivity contribution is -0.271. The van der Waals surface area contributed by atoms with Crippen molar-refractivity contribution in [2.75, 3.05) is 19.8 Å². The molecule has 16 heavy (non-hydrogen) atoms. The van der Waals surface area contributed by atoms with Crippen molar-refractivity contribution >= 4 is 0 Å². The predicted octanol–water partition coefficient (Wildman–Crippen LogP) is 1.51. The zero-order valence-electron chi connectivity index (χ0n) is 8.71. The minimum absolute atomic E-state index is 0.00441. The van der Waals surface area contributed by atoms with Crippen LogP contribution in [-0.2, 0) is 15.3 Å². The van der Waals surface area contributed by atoms with Gasteiger partial charge in [0.2, 0.25) is 5.79 Å². The van der Waals surface area contributed by atoms with Gasteiger partial charge in [0.05, 0.1) is 19.8 Å². The first kappa shape index (κ1) is 11.4. The van der Waals surface area contributed by atoms with Crippen LogP contribution in [0.3, 0.4) is 0 Å². The van der Waals surface area contributed by atoms with Crippen LogP contribution in [-0.4, -0.2) is 19.8 Å². The Hall–Kier alpha value is -1.04. The van der Waals surface area contributed by atoms with E-state index in [2.05, 4.69) is 0 Å². The van der Waals surface area contributed by atoms with Crippen molar-refractivity contribution in [3.05, 3.63) is 35.4 Å². The average molecular weight is 229 g/mol. The van der Waals surface area contributed by atoms with Gasteiger partial charge in [-0.3, -0.25) is 0 Å². The summed E-state index contributed by atoms with van der Waals surface area (Å²) in [5, 5.41) is 0. The molecule has 5 heteroatoms. The Bertz CT molecular complexity index is 378. The number of hydrogen-bond acceptors (Lipinski definition) is 3. The third kappa shape index (κ3) is 1.93. The van der Waals surface area contributed by atoms with Crippen LogP contribution < -0.4 is 5.73 Å². The first-order valence-corrected chi connectivity index (χ1v) is 5.11. The smallest absolute Gasteiger partial charge is 0.210 e. The highest BCUT2D eigenvalue weighted by Crippen LogP contribution is 2.31. The van der Waals surface area contributed by atoms with Crippen molar-refractivity contribution in [1.29, 1.82) is 0 Å². The van der Waals surface area contributed by atoms with Gasteiger partial charge in [-0.15, -0.1) is 0 Å². The Labute approximate surface area is 92.1 Å². The average Bonchev–Trinajstić information content (AvgIpc) is 2.30. The van der Waals surface area contributed by atoms with Gasteiger partial charge in [-0.05, 0) is 18.6 Å². The molecular formula is C11H13F2NO2. The maximum atomic E-state index is 13.6. The largest absolute Gasteiger partial charge is 0.345 e. The first-order valence-electron chi connectivity index (χ1n) is 5.11. The Balaban J connectivity index is 2.39. The number of benzene rings is 1. The number of rotatable bonds is 2. The third-order valence-electron chi connectivity index (χ3n) is 2.57. The minimum Gasteiger partial charge on any atom is -0.345 e. The van der Waals surface area contributed by atoms with Gasteiger partial charge in [-0.25, -0.2) is 8.78 Å². The van der Waals surface area contributed by atoms with E-state index in [-0.39, 0.29) is 12.1 Å². The summed E-state index contributed by atoms with van der Waals surface area (Å²) < 4.78 is 37.2. The molecule has 2 rings (SSSR count). The SMILES string of the molecule is NCC1(c2ccc(F)cc2F)OCCCO1. The molecule has 0 amide bonds. The molecule has 0 saturated carbocycles. The summed E-state index contributed by atoms with van der Waals surface area (Å²) in [6, 6.07) is 3.27. The summed E-state index contributed by atoms with van der Waals surface area (Å²) in [4.78, 5) is 0. The molecule has 3 nitrogen and oxygen atoms in total. The quantitative estimate of drug-likeness (QED) is 0.836. The predicted molar refractivity (Wildman–Crippen MR) is 53.6 cm³/mol. The lowest BCUT2D eigenvalue weighted by Crippen LogP contribution is -2.45. The van der Waals surface area contributed by atoms with Crippen LogP contribution in [0.5, 0.6) is 0 Å². The molecule has 0 spiro atoms. The van der Waals surface area contributed by atoms with Crippen molar-refractivity contribution in [3.8, 4) is 0 Å². The van der Waals surface area contributed by atoms with Gasteiger partial charge >= 0.3 is 0 Å². The fourth-order valence-corrected chi connectivity index (χ4v) is 1.76. The first-order chi connectivity index (χ1) is 7.68. The second kappa shape index (κ2) is 4.45. The van der Waals surface area contributed by atoms with Crippen molar-refractivity contribution in [1.82, 2.24) is 0 Å². The lowest BCUT2D eigenvalue weighted by atomic mass is 10.0. The molecule has 1 aromatic carbocycles. The molecule has 1 heterocycles. The summed E-state index contributed by atoms with van der Waals surface area (Å²) in [7, 11) is 0. The molecule has 88 valence electrons. The Morgan fingerprint density at radius 1 is 1.25 bits per heavy atom. The molecule has 0 bridgehead atoms. The van der Waals surface area contributed by atoms with E-state index >= 15 is 0 Å². The van der Waals surface area contributed by atoms with E-state index in [0.29, 0.717) is 13.2 Å². The van der Waals surface area contributed by atoms with E-state index in [9.17, 15) is 8.78 Å². The number of ether oxygens (including phenoxy) is 2. The number of halogens is 2. The Morgan fingerprint density at radius 3 is 2.50 bits per heavy atom. The van der Waals surface area contributed by atoms with E-state index in [1.165, 1.54) is 6.07 Å². The van der Waals surface area contributed by atoms with E-state index in [0.717, 1.165) is 18.6 Å². The number of hydrogen-bond donors (Lipinski definition) is 1. The van der Waals surface area contributed by atoms with Crippen LogP contribution in [0.1, 0.15) is 12.0 Å². The molecule has 0 aliphatic carbocycles. The van der Waals surface area contributed by atoms with Gasteiger partial charge < -0.3 is 15.2 Å². The summed E-state index contributed by atoms with van der Waals surface area (Å²) in [6.07, 6.45) is 0.741. The molecule has 1 saturated heterocycles. The summed E-state index contributed by atoms with van der Waals surface area (Å²) in [5.41, 5.74) is 5.72. The number of nitrogens with two attached hydrogens (primary N) is 1. The van der Waals surface area contributed by atoms with Gasteiger partial charge in [-0.1, -0.05) is 0 Å². The van der Waals surface area contributed by atoms with Crippen LogP contribution in [0.2, 0.25) is 0 Å². The zero-order chi connectivity index (χ0) is 11.6. The monoisotopic (exact) mass is 229 g/mol. The van der Waals surface area contributed by atoms with E-state index < -0.39 is 17.4 Å². The molecule has 1 aromatic rings. The summed E-state index contributed by atoms with van der Waals surface area (Å²) in [5.74, 6) is -2.60. The molecule has 0 radical (unpaired) electrons. The molecule has 1 fully saturated rings. The van der Waals surface area contributed by atoms with Crippen molar-refractivity contribution in [3.63, 3.8) is 0 Å². The lowest BCUT2D eigenvalue weighted by Gasteiger charge is -2.36. The van der Waals surface area contributed by atoms with Gasteiger partial charge in [0.15, 0.2) is 0 Å². The van der Waals surface area contributed by atoms with E-state index in [1.54, 1.807) is 0 Å². The van der Waals surface area contributed by atoms with Crippen molar-refractivity contribution < 1.29 is 18.3 Å². The maximum absolute atomic E-state index is 13.6. The Morgan fingerprint density at radius 2 is 1.94 bits per heavy atom. The zero-order valence-corrected chi connectivity index (χ0v) is 8.71. The molecule has 1 aliphatic rings. The van der Waals surface area contributed by atoms with E-state index in [4.69, 9.17) is 15.2 Å².